The minimum absolute atomic E-state index is 0.401. The van der Waals surface area contributed by atoms with Crippen LogP contribution in [0.2, 0.25) is 0 Å². The lowest BCUT2D eigenvalue weighted by atomic mass is 9.59. The van der Waals surface area contributed by atoms with Gasteiger partial charge in [-0.15, -0.1) is 0 Å². The van der Waals surface area contributed by atoms with Crippen LogP contribution in [0.5, 0.6) is 0 Å². The van der Waals surface area contributed by atoms with Crippen LogP contribution in [0.3, 0.4) is 0 Å². The van der Waals surface area contributed by atoms with E-state index >= 15 is 0 Å². The monoisotopic (exact) mass is 356 g/mol. The van der Waals surface area contributed by atoms with Gasteiger partial charge in [-0.2, -0.15) is 13.2 Å². The molecule has 3 unspecified atom stereocenters. The second-order valence-electron chi connectivity index (χ2n) is 5.79. The van der Waals surface area contributed by atoms with Gasteiger partial charge >= 0.3 is 6.18 Å². The number of hydrogen-bond donors (Lipinski definition) is 2. The van der Waals surface area contributed by atoms with Gasteiger partial charge in [0.2, 0.25) is 23.6 Å². The first-order valence-electron chi connectivity index (χ1n) is 7.31. The molecule has 0 saturated carbocycles. The summed E-state index contributed by atoms with van der Waals surface area (Å²) >= 11 is 0. The number of carbonyl (C=O) groups is 4. The molecule has 1 aliphatic heterocycles. The van der Waals surface area contributed by atoms with E-state index < -0.39 is 52.6 Å². The lowest BCUT2D eigenvalue weighted by Crippen LogP contribution is -2.69. The molecule has 0 aliphatic carbocycles. The quantitative estimate of drug-likeness (QED) is 0.612. The van der Waals surface area contributed by atoms with Crippen LogP contribution in [0, 0.1) is 11.8 Å². The molecule has 0 bridgehead atoms. The molecule has 4 amide bonds. The number of rotatable bonds is 2. The Bertz CT molecular complexity index is 733. The third-order valence-electron chi connectivity index (χ3n) is 4.32. The Morgan fingerprint density at radius 3 is 2.16 bits per heavy atom. The normalized spacial score (nSPS) is 26.8. The third-order valence-corrected chi connectivity index (χ3v) is 4.32. The first kappa shape index (κ1) is 18.6. The summed E-state index contributed by atoms with van der Waals surface area (Å²) in [5, 5.41) is 3.50. The van der Waals surface area contributed by atoms with E-state index in [0.717, 1.165) is 26.0 Å². The molecule has 1 fully saturated rings. The SMILES string of the molecule is CC(=O)NC(=O)C1C(=O)NC(=O)C(C)C1(c1ccccc1)C(F)(F)F. The zero-order chi connectivity index (χ0) is 19.0. The Morgan fingerprint density at radius 1 is 1.12 bits per heavy atom. The lowest BCUT2D eigenvalue weighted by molar-refractivity contribution is -0.226. The predicted molar refractivity (Wildman–Crippen MR) is 78.8 cm³/mol. The van der Waals surface area contributed by atoms with Crippen molar-refractivity contribution >= 4 is 23.6 Å². The number of carbonyl (C=O) groups excluding carboxylic acids is 4. The van der Waals surface area contributed by atoms with Crippen molar-refractivity contribution in [3.05, 3.63) is 35.9 Å². The maximum atomic E-state index is 14.2. The van der Waals surface area contributed by atoms with Crippen LogP contribution in [0.25, 0.3) is 0 Å². The molecule has 1 heterocycles. The van der Waals surface area contributed by atoms with Gasteiger partial charge in [-0.25, -0.2) is 0 Å². The van der Waals surface area contributed by atoms with Crippen LogP contribution < -0.4 is 10.6 Å². The summed E-state index contributed by atoms with van der Waals surface area (Å²) in [4.78, 5) is 47.6. The van der Waals surface area contributed by atoms with E-state index in [1.165, 1.54) is 18.2 Å². The number of piperidine rings is 1. The van der Waals surface area contributed by atoms with Crippen molar-refractivity contribution in [2.24, 2.45) is 11.8 Å². The van der Waals surface area contributed by atoms with E-state index in [-0.39, 0.29) is 0 Å². The fraction of sp³-hybridized carbons (Fsp3) is 0.375. The summed E-state index contributed by atoms with van der Waals surface area (Å²) in [5.74, 6) is -8.96. The van der Waals surface area contributed by atoms with Gasteiger partial charge in [0.15, 0.2) is 0 Å². The van der Waals surface area contributed by atoms with E-state index in [4.69, 9.17) is 0 Å². The van der Waals surface area contributed by atoms with Crippen LogP contribution in [0.4, 0.5) is 13.2 Å². The van der Waals surface area contributed by atoms with Gasteiger partial charge in [0, 0.05) is 6.92 Å². The Hall–Kier alpha value is -2.71. The average molecular weight is 356 g/mol. The Balaban J connectivity index is 2.80. The largest absolute Gasteiger partial charge is 0.400 e. The highest BCUT2D eigenvalue weighted by molar-refractivity contribution is 6.14. The number of imide groups is 2. The number of halogens is 3. The van der Waals surface area contributed by atoms with Gasteiger partial charge < -0.3 is 0 Å². The highest BCUT2D eigenvalue weighted by Gasteiger charge is 2.70. The molecule has 0 radical (unpaired) electrons. The van der Waals surface area contributed by atoms with Crippen molar-refractivity contribution in [2.75, 3.05) is 0 Å². The number of nitrogens with one attached hydrogen (secondary N) is 2. The van der Waals surface area contributed by atoms with Crippen molar-refractivity contribution in [3.8, 4) is 0 Å². The summed E-state index contributed by atoms with van der Waals surface area (Å²) in [7, 11) is 0. The molecule has 1 aromatic carbocycles. The van der Waals surface area contributed by atoms with Crippen LogP contribution in [-0.4, -0.2) is 29.8 Å². The third kappa shape index (κ3) is 2.90. The Morgan fingerprint density at radius 2 is 1.68 bits per heavy atom. The number of benzene rings is 1. The zero-order valence-electron chi connectivity index (χ0n) is 13.3. The molecule has 3 atom stereocenters. The van der Waals surface area contributed by atoms with Gasteiger partial charge in [-0.05, 0) is 5.56 Å². The predicted octanol–water partition coefficient (Wildman–Crippen LogP) is 1.06. The first-order chi connectivity index (χ1) is 11.5. The smallest absolute Gasteiger partial charge is 0.296 e. The fourth-order valence-corrected chi connectivity index (χ4v) is 3.24. The molecule has 2 N–H and O–H groups in total. The van der Waals surface area contributed by atoms with Gasteiger partial charge in [0.05, 0.1) is 5.92 Å². The summed E-state index contributed by atoms with van der Waals surface area (Å²) in [6.45, 7) is 1.93. The summed E-state index contributed by atoms with van der Waals surface area (Å²) < 4.78 is 42.7. The van der Waals surface area contributed by atoms with Gasteiger partial charge in [-0.3, -0.25) is 29.8 Å². The fourth-order valence-electron chi connectivity index (χ4n) is 3.24. The Kier molecular flexibility index (Phi) is 4.70. The highest BCUT2D eigenvalue weighted by atomic mass is 19.4. The molecule has 1 saturated heterocycles. The molecular weight excluding hydrogens is 341 g/mol. The molecule has 2 rings (SSSR count). The summed E-state index contributed by atoms with van der Waals surface area (Å²) in [6.07, 6.45) is -5.11. The van der Waals surface area contributed by atoms with Crippen LogP contribution in [-0.2, 0) is 24.6 Å². The molecule has 0 spiro atoms. The molecule has 9 heteroatoms. The van der Waals surface area contributed by atoms with E-state index in [9.17, 15) is 32.3 Å². The lowest BCUT2D eigenvalue weighted by Gasteiger charge is -2.46. The van der Waals surface area contributed by atoms with Crippen LogP contribution in [0.15, 0.2) is 30.3 Å². The van der Waals surface area contributed by atoms with Crippen LogP contribution >= 0.6 is 0 Å². The Labute approximate surface area is 140 Å². The molecule has 25 heavy (non-hydrogen) atoms. The van der Waals surface area contributed by atoms with Crippen molar-refractivity contribution < 1.29 is 32.3 Å². The van der Waals surface area contributed by atoms with E-state index in [2.05, 4.69) is 0 Å². The van der Waals surface area contributed by atoms with E-state index in [0.29, 0.717) is 0 Å². The number of amides is 4. The van der Waals surface area contributed by atoms with Gasteiger partial charge in [0.1, 0.15) is 11.3 Å². The van der Waals surface area contributed by atoms with E-state index in [1.807, 2.05) is 0 Å². The molecule has 0 aromatic heterocycles. The minimum Gasteiger partial charge on any atom is -0.296 e. The first-order valence-corrected chi connectivity index (χ1v) is 7.31. The second-order valence-corrected chi connectivity index (χ2v) is 5.79. The molecule has 1 aromatic rings. The molecule has 134 valence electrons. The van der Waals surface area contributed by atoms with Crippen molar-refractivity contribution in [1.29, 1.82) is 0 Å². The number of alkyl halides is 3. The van der Waals surface area contributed by atoms with E-state index in [1.54, 1.807) is 10.6 Å². The minimum atomic E-state index is -5.11. The molecule has 6 nitrogen and oxygen atoms in total. The molecule has 1 aliphatic rings. The van der Waals surface area contributed by atoms with Crippen molar-refractivity contribution in [3.63, 3.8) is 0 Å². The van der Waals surface area contributed by atoms with Crippen molar-refractivity contribution in [2.45, 2.75) is 25.4 Å². The highest BCUT2D eigenvalue weighted by Crippen LogP contribution is 2.53. The van der Waals surface area contributed by atoms with Crippen molar-refractivity contribution in [1.82, 2.24) is 10.6 Å². The van der Waals surface area contributed by atoms with Crippen LogP contribution in [0.1, 0.15) is 19.4 Å². The average Bonchev–Trinajstić information content (AvgIpc) is 2.49. The standard InChI is InChI=1S/C16H15F3N2O4/c1-8-12(23)21-14(25)11(13(24)20-9(2)22)15(8,16(17,18)19)10-6-4-3-5-7-10/h3-8,11H,1-2H3,(H,20,22,24)(H,21,23,25). The van der Waals surface area contributed by atoms with Gasteiger partial charge in [0.25, 0.3) is 0 Å². The summed E-state index contributed by atoms with van der Waals surface area (Å²) in [6, 6.07) is 6.29. The maximum Gasteiger partial charge on any atom is 0.400 e. The maximum absolute atomic E-state index is 14.2. The second kappa shape index (κ2) is 6.30. The number of hydrogen-bond acceptors (Lipinski definition) is 4. The van der Waals surface area contributed by atoms with Gasteiger partial charge in [-0.1, -0.05) is 37.3 Å². The topological polar surface area (TPSA) is 92.3 Å². The zero-order valence-corrected chi connectivity index (χ0v) is 13.3. The molecular formula is C16H15F3N2O4. The summed E-state index contributed by atoms with van der Waals surface area (Å²) in [5.41, 5.74) is -3.49.